The number of esters is 1. The Morgan fingerprint density at radius 2 is 2.04 bits per heavy atom. The second kappa shape index (κ2) is 7.72. The van der Waals surface area contributed by atoms with Gasteiger partial charge in [0.1, 0.15) is 0 Å². The third kappa shape index (κ3) is 3.79. The highest BCUT2D eigenvalue weighted by Gasteiger charge is 2.25. The van der Waals surface area contributed by atoms with Crippen molar-refractivity contribution < 1.29 is 14.3 Å². The number of ether oxygens (including phenoxy) is 1. The van der Waals surface area contributed by atoms with Gasteiger partial charge in [-0.1, -0.05) is 12.8 Å². The first-order valence-electron chi connectivity index (χ1n) is 9.08. The zero-order chi connectivity index (χ0) is 18.7. The van der Waals surface area contributed by atoms with Crippen molar-refractivity contribution in [2.24, 2.45) is 0 Å². The van der Waals surface area contributed by atoms with Gasteiger partial charge in [-0.2, -0.15) is 0 Å². The zero-order valence-electron chi connectivity index (χ0n) is 15.5. The van der Waals surface area contributed by atoms with Crippen molar-refractivity contribution in [3.8, 4) is 5.69 Å². The highest BCUT2D eigenvalue weighted by atomic mass is 16.5. The van der Waals surface area contributed by atoms with E-state index in [1.807, 2.05) is 30.5 Å². The fraction of sp³-hybridized carbons (Fsp3) is 0.450. The van der Waals surface area contributed by atoms with Crippen LogP contribution in [-0.2, 0) is 9.53 Å². The average molecular weight is 355 g/mol. The van der Waals surface area contributed by atoms with Gasteiger partial charge in [0.2, 0.25) is 0 Å². The van der Waals surface area contributed by atoms with Gasteiger partial charge in [0.25, 0.3) is 5.91 Å². The third-order valence-electron chi connectivity index (χ3n) is 4.91. The predicted molar refractivity (Wildman–Crippen MR) is 98.3 cm³/mol. The number of aromatic nitrogens is 2. The molecule has 2 aromatic heterocycles. The Kier molecular flexibility index (Phi) is 5.40. The average Bonchev–Trinajstić information content (AvgIpc) is 3.23. The molecule has 0 radical (unpaired) electrons. The van der Waals surface area contributed by atoms with Crippen LogP contribution in [0.25, 0.3) is 5.69 Å². The molecule has 1 aliphatic carbocycles. The van der Waals surface area contributed by atoms with E-state index in [1.165, 1.54) is 0 Å². The number of hydrogen-bond donors (Lipinski definition) is 1. The molecule has 1 amide bonds. The maximum atomic E-state index is 12.6. The molecule has 1 aliphatic rings. The smallest absolute Gasteiger partial charge is 0.340 e. The molecule has 6 heteroatoms. The monoisotopic (exact) mass is 355 g/mol. The second-order valence-corrected chi connectivity index (χ2v) is 6.87. The molecule has 0 aliphatic heterocycles. The van der Waals surface area contributed by atoms with Crippen molar-refractivity contribution >= 4 is 11.9 Å². The normalized spacial score (nSPS) is 15.7. The number of carbonyl (C=O) groups is 2. The highest BCUT2D eigenvalue weighted by Crippen LogP contribution is 2.22. The van der Waals surface area contributed by atoms with Crippen LogP contribution in [0.3, 0.4) is 0 Å². The quantitative estimate of drug-likeness (QED) is 0.837. The maximum absolute atomic E-state index is 12.6. The van der Waals surface area contributed by atoms with Crippen LogP contribution >= 0.6 is 0 Å². The van der Waals surface area contributed by atoms with E-state index >= 15 is 0 Å². The Balaban J connectivity index is 1.71. The van der Waals surface area contributed by atoms with E-state index in [2.05, 4.69) is 10.3 Å². The lowest BCUT2D eigenvalue weighted by Crippen LogP contribution is -2.40. The SMILES string of the molecule is Cc1cc(C(=O)OC(C)C(=O)NC2CCCC2)c(C)n1-c1cccnc1. The first kappa shape index (κ1) is 18.2. The van der Waals surface area contributed by atoms with Crippen LogP contribution in [0.15, 0.2) is 30.6 Å². The fourth-order valence-electron chi connectivity index (χ4n) is 3.52. The maximum Gasteiger partial charge on any atom is 0.340 e. The summed E-state index contributed by atoms with van der Waals surface area (Å²) < 4.78 is 7.36. The van der Waals surface area contributed by atoms with Crippen LogP contribution in [0.2, 0.25) is 0 Å². The Morgan fingerprint density at radius 3 is 2.69 bits per heavy atom. The van der Waals surface area contributed by atoms with Crippen molar-refractivity contribution in [1.29, 1.82) is 0 Å². The molecule has 2 aromatic rings. The molecular weight excluding hydrogens is 330 g/mol. The number of carbonyl (C=O) groups excluding carboxylic acids is 2. The summed E-state index contributed by atoms with van der Waals surface area (Å²) in [6, 6.07) is 5.77. The van der Waals surface area contributed by atoms with Gasteiger partial charge < -0.3 is 14.6 Å². The summed E-state index contributed by atoms with van der Waals surface area (Å²) in [5, 5.41) is 2.96. The Hall–Kier alpha value is -2.63. The molecule has 1 N–H and O–H groups in total. The van der Waals surface area contributed by atoms with Gasteiger partial charge in [0, 0.05) is 23.6 Å². The molecule has 1 saturated carbocycles. The minimum atomic E-state index is -0.815. The van der Waals surface area contributed by atoms with Crippen LogP contribution in [-0.4, -0.2) is 33.6 Å². The van der Waals surface area contributed by atoms with Crippen molar-refractivity contribution in [2.75, 3.05) is 0 Å². The fourth-order valence-corrected chi connectivity index (χ4v) is 3.52. The van der Waals surface area contributed by atoms with E-state index in [0.717, 1.165) is 42.8 Å². The molecule has 138 valence electrons. The van der Waals surface area contributed by atoms with Gasteiger partial charge in [-0.3, -0.25) is 9.78 Å². The van der Waals surface area contributed by atoms with Gasteiger partial charge in [-0.25, -0.2) is 4.79 Å². The number of nitrogens with one attached hydrogen (secondary N) is 1. The van der Waals surface area contributed by atoms with Gasteiger partial charge in [-0.15, -0.1) is 0 Å². The lowest BCUT2D eigenvalue weighted by Gasteiger charge is -2.17. The van der Waals surface area contributed by atoms with Crippen LogP contribution in [0, 0.1) is 13.8 Å². The number of nitrogens with zero attached hydrogens (tertiary/aromatic N) is 2. The first-order chi connectivity index (χ1) is 12.5. The molecule has 3 rings (SSSR count). The Morgan fingerprint density at radius 1 is 1.31 bits per heavy atom. The van der Waals surface area contributed by atoms with E-state index in [0.29, 0.717) is 5.56 Å². The van der Waals surface area contributed by atoms with Crippen LogP contribution in [0.1, 0.15) is 54.4 Å². The van der Waals surface area contributed by atoms with E-state index in [-0.39, 0.29) is 11.9 Å². The molecular formula is C20H25N3O3. The van der Waals surface area contributed by atoms with Crippen LogP contribution < -0.4 is 5.32 Å². The third-order valence-corrected chi connectivity index (χ3v) is 4.91. The standard InChI is InChI=1S/C20H25N3O3/c1-13-11-18(14(2)23(13)17-9-6-10-21-12-17)20(25)26-15(3)19(24)22-16-7-4-5-8-16/h6,9-12,15-16H,4-5,7-8H2,1-3H3,(H,22,24). The molecule has 0 spiro atoms. The van der Waals surface area contributed by atoms with Gasteiger partial charge in [-0.05, 0) is 51.8 Å². The van der Waals surface area contributed by atoms with E-state index in [4.69, 9.17) is 4.74 Å². The van der Waals surface area contributed by atoms with E-state index in [1.54, 1.807) is 25.4 Å². The highest BCUT2D eigenvalue weighted by molar-refractivity contribution is 5.93. The molecule has 1 unspecified atom stereocenters. The Labute approximate surface area is 153 Å². The summed E-state index contributed by atoms with van der Waals surface area (Å²) in [6.07, 6.45) is 6.91. The lowest BCUT2D eigenvalue weighted by atomic mass is 10.2. The molecule has 6 nitrogen and oxygen atoms in total. The molecule has 0 aromatic carbocycles. The minimum absolute atomic E-state index is 0.208. The lowest BCUT2D eigenvalue weighted by molar-refractivity contribution is -0.129. The summed E-state index contributed by atoms with van der Waals surface area (Å²) in [5.41, 5.74) is 3.02. The molecule has 26 heavy (non-hydrogen) atoms. The van der Waals surface area contributed by atoms with Crippen molar-refractivity contribution in [1.82, 2.24) is 14.9 Å². The Bertz CT molecular complexity index is 792. The molecule has 2 heterocycles. The summed E-state index contributed by atoms with van der Waals surface area (Å²) >= 11 is 0. The van der Waals surface area contributed by atoms with Crippen molar-refractivity contribution in [3.63, 3.8) is 0 Å². The van der Waals surface area contributed by atoms with Crippen LogP contribution in [0.5, 0.6) is 0 Å². The first-order valence-corrected chi connectivity index (χ1v) is 9.08. The van der Waals surface area contributed by atoms with Gasteiger partial charge >= 0.3 is 5.97 Å². The zero-order valence-corrected chi connectivity index (χ0v) is 15.5. The number of rotatable bonds is 5. The van der Waals surface area contributed by atoms with E-state index in [9.17, 15) is 9.59 Å². The topological polar surface area (TPSA) is 73.2 Å². The molecule has 0 saturated heterocycles. The van der Waals surface area contributed by atoms with Gasteiger partial charge in [0.05, 0.1) is 17.4 Å². The summed E-state index contributed by atoms with van der Waals surface area (Å²) in [7, 11) is 0. The van der Waals surface area contributed by atoms with E-state index < -0.39 is 12.1 Å². The van der Waals surface area contributed by atoms with Gasteiger partial charge in [0.15, 0.2) is 6.10 Å². The summed E-state index contributed by atoms with van der Waals surface area (Å²) in [5.74, 6) is -0.714. The molecule has 1 fully saturated rings. The second-order valence-electron chi connectivity index (χ2n) is 6.87. The number of pyridine rings is 1. The number of hydrogen-bond acceptors (Lipinski definition) is 4. The molecule has 0 bridgehead atoms. The number of aryl methyl sites for hydroxylation is 1. The van der Waals surface area contributed by atoms with Crippen LogP contribution in [0.4, 0.5) is 0 Å². The number of amides is 1. The van der Waals surface area contributed by atoms with Crippen molar-refractivity contribution in [2.45, 2.75) is 58.6 Å². The predicted octanol–water partition coefficient (Wildman–Crippen LogP) is 3.09. The van der Waals surface area contributed by atoms with Crippen molar-refractivity contribution in [3.05, 3.63) is 47.5 Å². The summed E-state index contributed by atoms with van der Waals surface area (Å²) in [6.45, 7) is 5.40. The molecule has 1 atom stereocenters. The minimum Gasteiger partial charge on any atom is -0.449 e. The summed E-state index contributed by atoms with van der Waals surface area (Å²) in [4.78, 5) is 29.0. The largest absolute Gasteiger partial charge is 0.449 e.